The molecule has 6 nitrogen and oxygen atoms in total. The molecule has 0 aliphatic carbocycles. The molecule has 3 amide bonds. The largest absolute Gasteiger partial charge is 0.320 e. The number of nitrogens with two attached hydrogens (primary N) is 1. The van der Waals surface area contributed by atoms with Crippen LogP contribution in [0, 0.1) is 11.8 Å². The normalized spacial score (nSPS) is 14.3. The first kappa shape index (κ1) is 13.8. The fraction of sp³-hybridized carbons (Fsp3) is 0.214. The van der Waals surface area contributed by atoms with Gasteiger partial charge in [-0.2, -0.15) is 0 Å². The summed E-state index contributed by atoms with van der Waals surface area (Å²) in [6.07, 6.45) is 0. The van der Waals surface area contributed by atoms with E-state index in [1.165, 1.54) is 4.90 Å². The van der Waals surface area contributed by atoms with Crippen molar-refractivity contribution in [3.8, 4) is 11.8 Å². The van der Waals surface area contributed by atoms with Gasteiger partial charge in [0.15, 0.2) is 0 Å². The van der Waals surface area contributed by atoms with Crippen molar-refractivity contribution in [3.63, 3.8) is 0 Å². The van der Waals surface area contributed by atoms with E-state index in [4.69, 9.17) is 5.73 Å². The highest BCUT2D eigenvalue weighted by molar-refractivity contribution is 6.05. The summed E-state index contributed by atoms with van der Waals surface area (Å²) in [5, 5.41) is 2.15. The molecule has 0 unspecified atom stereocenters. The topological polar surface area (TPSA) is 92.5 Å². The molecule has 1 fully saturated rings. The van der Waals surface area contributed by atoms with Crippen molar-refractivity contribution in [1.29, 1.82) is 0 Å². The fourth-order valence-corrected chi connectivity index (χ4v) is 1.85. The molecule has 1 aromatic rings. The van der Waals surface area contributed by atoms with Gasteiger partial charge in [-0.3, -0.25) is 19.7 Å². The maximum Gasteiger partial charge on any atom is 0.254 e. The number of benzene rings is 1. The second kappa shape index (κ2) is 5.99. The van der Waals surface area contributed by atoms with E-state index in [9.17, 15) is 14.4 Å². The van der Waals surface area contributed by atoms with E-state index in [1.807, 2.05) is 0 Å². The first-order valence-electron chi connectivity index (χ1n) is 6.01. The Morgan fingerprint density at radius 1 is 1.30 bits per heavy atom. The summed E-state index contributed by atoms with van der Waals surface area (Å²) in [6, 6.07) is 6.68. The predicted octanol–water partition coefficient (Wildman–Crippen LogP) is -0.905. The molecule has 1 aliphatic rings. The number of hydrogen-bond acceptors (Lipinski definition) is 4. The monoisotopic (exact) mass is 271 g/mol. The van der Waals surface area contributed by atoms with Crippen molar-refractivity contribution in [2.45, 2.75) is 0 Å². The van der Waals surface area contributed by atoms with Gasteiger partial charge >= 0.3 is 0 Å². The molecule has 1 saturated heterocycles. The fourth-order valence-electron chi connectivity index (χ4n) is 1.85. The van der Waals surface area contributed by atoms with Crippen molar-refractivity contribution >= 4 is 17.7 Å². The number of piperazine rings is 1. The Bertz CT molecular complexity index is 612. The molecule has 1 aliphatic heterocycles. The van der Waals surface area contributed by atoms with Gasteiger partial charge in [-0.25, -0.2) is 0 Å². The molecule has 0 spiro atoms. The minimum absolute atomic E-state index is 0.122. The third kappa shape index (κ3) is 3.22. The third-order valence-electron chi connectivity index (χ3n) is 2.68. The van der Waals surface area contributed by atoms with Crippen molar-refractivity contribution < 1.29 is 14.4 Å². The summed E-state index contributed by atoms with van der Waals surface area (Å²) in [4.78, 5) is 36.0. The molecule has 1 heterocycles. The summed E-state index contributed by atoms with van der Waals surface area (Å²) >= 11 is 0. The van der Waals surface area contributed by atoms with Gasteiger partial charge < -0.3 is 10.6 Å². The van der Waals surface area contributed by atoms with Crippen LogP contribution in [0.3, 0.4) is 0 Å². The Balaban J connectivity index is 2.20. The van der Waals surface area contributed by atoms with Crippen LogP contribution in [-0.2, 0) is 9.59 Å². The van der Waals surface area contributed by atoms with Crippen LogP contribution in [0.5, 0.6) is 0 Å². The highest BCUT2D eigenvalue weighted by atomic mass is 16.2. The first-order valence-corrected chi connectivity index (χ1v) is 6.01. The van der Waals surface area contributed by atoms with Crippen LogP contribution >= 0.6 is 0 Å². The lowest BCUT2D eigenvalue weighted by atomic mass is 10.1. The zero-order valence-electron chi connectivity index (χ0n) is 10.7. The maximum atomic E-state index is 12.2. The predicted molar refractivity (Wildman–Crippen MR) is 71.4 cm³/mol. The van der Waals surface area contributed by atoms with Crippen LogP contribution in [0.15, 0.2) is 24.3 Å². The molecular weight excluding hydrogens is 258 g/mol. The van der Waals surface area contributed by atoms with Crippen LogP contribution in [0.2, 0.25) is 0 Å². The number of amides is 3. The molecule has 20 heavy (non-hydrogen) atoms. The van der Waals surface area contributed by atoms with Crippen LogP contribution in [0.1, 0.15) is 15.9 Å². The molecule has 3 N–H and O–H groups in total. The average Bonchev–Trinajstić information content (AvgIpc) is 2.43. The number of nitrogens with zero attached hydrogens (tertiary/aromatic N) is 1. The molecule has 6 heteroatoms. The van der Waals surface area contributed by atoms with Crippen LogP contribution in [0.25, 0.3) is 0 Å². The van der Waals surface area contributed by atoms with Gasteiger partial charge in [0.2, 0.25) is 11.8 Å². The Hall–Kier alpha value is -2.65. The summed E-state index contributed by atoms with van der Waals surface area (Å²) in [5.41, 5.74) is 6.34. The smallest absolute Gasteiger partial charge is 0.254 e. The molecule has 1 aromatic carbocycles. The van der Waals surface area contributed by atoms with Gasteiger partial charge in [0.05, 0.1) is 6.54 Å². The Morgan fingerprint density at radius 2 is 2.00 bits per heavy atom. The second-order valence-electron chi connectivity index (χ2n) is 4.22. The molecule has 0 bridgehead atoms. The minimum Gasteiger partial charge on any atom is -0.320 e. The van der Waals surface area contributed by atoms with Gasteiger partial charge in [0, 0.05) is 11.1 Å². The second-order valence-corrected chi connectivity index (χ2v) is 4.22. The third-order valence-corrected chi connectivity index (χ3v) is 2.68. The summed E-state index contributed by atoms with van der Waals surface area (Å²) in [7, 11) is 0. The van der Waals surface area contributed by atoms with Crippen LogP contribution in [-0.4, -0.2) is 42.3 Å². The van der Waals surface area contributed by atoms with Crippen LogP contribution < -0.4 is 11.1 Å². The standard InChI is InChI=1S/C14H13N3O3/c15-6-2-4-10-3-1-5-11(7-10)14(20)17-8-12(18)16-13(19)9-17/h1,3,5,7H,6,8-9,15H2,(H,16,18,19). The van der Waals surface area contributed by atoms with Crippen LogP contribution in [0.4, 0.5) is 0 Å². The van der Waals surface area contributed by atoms with Gasteiger partial charge in [0.25, 0.3) is 5.91 Å². The molecule has 0 radical (unpaired) electrons. The molecule has 2 rings (SSSR count). The van der Waals surface area contributed by atoms with Gasteiger partial charge in [0.1, 0.15) is 13.1 Å². The Morgan fingerprint density at radius 3 is 2.65 bits per heavy atom. The van der Waals surface area contributed by atoms with Gasteiger partial charge in [-0.15, -0.1) is 0 Å². The van der Waals surface area contributed by atoms with Crippen molar-refractivity contribution in [2.75, 3.05) is 19.6 Å². The first-order chi connectivity index (χ1) is 9.60. The summed E-state index contributed by atoms with van der Waals surface area (Å²) in [6.45, 7) is -0.00840. The molecule has 0 saturated carbocycles. The zero-order valence-corrected chi connectivity index (χ0v) is 10.7. The van der Waals surface area contributed by atoms with Gasteiger partial charge in [-0.1, -0.05) is 17.9 Å². The molecule has 102 valence electrons. The molecule has 0 aromatic heterocycles. The quantitative estimate of drug-likeness (QED) is 0.511. The highest BCUT2D eigenvalue weighted by Gasteiger charge is 2.26. The van der Waals surface area contributed by atoms with E-state index >= 15 is 0 Å². The van der Waals surface area contributed by atoms with E-state index < -0.39 is 11.8 Å². The minimum atomic E-state index is -0.478. The zero-order chi connectivity index (χ0) is 14.5. The number of carbonyl (C=O) groups excluding carboxylic acids is 3. The number of imide groups is 1. The summed E-state index contributed by atoms with van der Waals surface area (Å²) in [5.74, 6) is 4.20. The van der Waals surface area contributed by atoms with E-state index in [-0.39, 0.29) is 25.5 Å². The number of nitrogens with one attached hydrogen (secondary N) is 1. The van der Waals surface area contributed by atoms with E-state index in [1.54, 1.807) is 24.3 Å². The van der Waals surface area contributed by atoms with Crippen molar-refractivity contribution in [1.82, 2.24) is 10.2 Å². The Labute approximate surface area is 115 Å². The van der Waals surface area contributed by atoms with Gasteiger partial charge in [-0.05, 0) is 18.2 Å². The van der Waals surface area contributed by atoms with E-state index in [2.05, 4.69) is 17.2 Å². The average molecular weight is 271 g/mol. The molecular formula is C14H13N3O3. The maximum absolute atomic E-state index is 12.2. The Kier molecular flexibility index (Phi) is 4.13. The number of rotatable bonds is 1. The molecule has 0 atom stereocenters. The van der Waals surface area contributed by atoms with E-state index in [0.717, 1.165) is 0 Å². The summed E-state index contributed by atoms with van der Waals surface area (Å²) < 4.78 is 0. The highest BCUT2D eigenvalue weighted by Crippen LogP contribution is 2.09. The number of carbonyl (C=O) groups is 3. The van der Waals surface area contributed by atoms with Crippen molar-refractivity contribution in [3.05, 3.63) is 35.4 Å². The lowest BCUT2D eigenvalue weighted by molar-refractivity contribution is -0.135. The number of hydrogen-bond donors (Lipinski definition) is 2. The SMILES string of the molecule is NCC#Cc1cccc(C(=O)N2CC(=O)NC(=O)C2)c1. The van der Waals surface area contributed by atoms with E-state index in [0.29, 0.717) is 11.1 Å². The van der Waals surface area contributed by atoms with Crippen molar-refractivity contribution in [2.24, 2.45) is 5.73 Å². The lowest BCUT2D eigenvalue weighted by Gasteiger charge is -2.25. The lowest BCUT2D eigenvalue weighted by Crippen LogP contribution is -2.53.